The average molecular weight is 356 g/mol. The van der Waals surface area contributed by atoms with Crippen molar-refractivity contribution in [3.8, 4) is 0 Å². The molecule has 1 aromatic carbocycles. The number of aromatic nitrogens is 2. The molecule has 9 nitrogen and oxygen atoms in total. The van der Waals surface area contributed by atoms with Gasteiger partial charge in [-0.25, -0.2) is 13.4 Å². The summed E-state index contributed by atoms with van der Waals surface area (Å²) in [4.78, 5) is 5.77. The van der Waals surface area contributed by atoms with E-state index >= 15 is 0 Å². The molecule has 0 saturated heterocycles. The van der Waals surface area contributed by atoms with Crippen LogP contribution in [0.2, 0.25) is 0 Å². The molecule has 0 spiro atoms. The van der Waals surface area contributed by atoms with E-state index in [1.54, 1.807) is 12.1 Å². The smallest absolute Gasteiger partial charge is 0.249 e. The second-order valence-electron chi connectivity index (χ2n) is 4.25. The van der Waals surface area contributed by atoms with Crippen LogP contribution in [0, 0.1) is 0 Å². The fourth-order valence-corrected chi connectivity index (χ4v) is 2.40. The highest BCUT2D eigenvalue weighted by Gasteiger charge is 2.05. The Balaban J connectivity index is 1.96. The number of likely N-dealkylation sites (N-methyl/N-ethyl adjacent to an activating group) is 1. The van der Waals surface area contributed by atoms with Gasteiger partial charge in [0.05, 0.1) is 12.3 Å². The van der Waals surface area contributed by atoms with Crippen LogP contribution < -0.4 is 4.90 Å². The number of hydrogen-bond acceptors (Lipinski definition) is 10. The lowest BCUT2D eigenvalue weighted by molar-refractivity contribution is 0.266. The Morgan fingerprint density at radius 1 is 1.30 bits per heavy atom. The molecule has 0 unspecified atom stereocenters. The molecule has 0 aliphatic carbocycles. The maximum Gasteiger partial charge on any atom is 0.249 e. The molecule has 0 N–H and O–H groups in total. The zero-order valence-corrected chi connectivity index (χ0v) is 13.8. The number of hydrogen-bond donors (Lipinski definition) is 0. The van der Waals surface area contributed by atoms with Crippen molar-refractivity contribution in [2.45, 2.75) is 6.92 Å². The van der Waals surface area contributed by atoms with E-state index < -0.39 is 10.4 Å². The van der Waals surface area contributed by atoms with Crippen LogP contribution in [0.25, 0.3) is 0 Å². The molecule has 23 heavy (non-hydrogen) atoms. The van der Waals surface area contributed by atoms with Gasteiger partial charge < -0.3 is 9.45 Å². The Kier molecular flexibility index (Phi) is 6.10. The first-order chi connectivity index (χ1) is 11.0. The van der Waals surface area contributed by atoms with Crippen LogP contribution in [0.5, 0.6) is 0 Å². The van der Waals surface area contributed by atoms with Gasteiger partial charge in [-0.3, -0.25) is 4.18 Å². The summed E-state index contributed by atoms with van der Waals surface area (Å²) in [6, 6.07) is 7.19. The molecule has 11 heteroatoms. The largest absolute Gasteiger partial charge is 0.726 e. The quantitative estimate of drug-likeness (QED) is 0.404. The van der Waals surface area contributed by atoms with Gasteiger partial charge in [0.25, 0.3) is 0 Å². The van der Waals surface area contributed by atoms with Gasteiger partial charge in [0.2, 0.25) is 15.5 Å². The van der Waals surface area contributed by atoms with Crippen molar-refractivity contribution >= 4 is 38.4 Å². The van der Waals surface area contributed by atoms with Crippen LogP contribution in [0.1, 0.15) is 6.92 Å². The summed E-state index contributed by atoms with van der Waals surface area (Å²) in [6.45, 7) is 2.63. The molecule has 0 amide bonds. The molecule has 0 aliphatic rings. The van der Waals surface area contributed by atoms with E-state index in [0.29, 0.717) is 17.4 Å². The second-order valence-corrected chi connectivity index (χ2v) is 6.06. The van der Waals surface area contributed by atoms with Crippen molar-refractivity contribution in [3.63, 3.8) is 0 Å². The lowest BCUT2D eigenvalue weighted by Gasteiger charge is -2.23. The monoisotopic (exact) mass is 356 g/mol. The topological polar surface area (TPSA) is 120 Å². The third-order valence-corrected chi connectivity index (χ3v) is 3.79. The van der Waals surface area contributed by atoms with Gasteiger partial charge in [0, 0.05) is 30.3 Å². The van der Waals surface area contributed by atoms with E-state index in [9.17, 15) is 13.0 Å². The average Bonchev–Trinajstić information content (AvgIpc) is 3.03. The van der Waals surface area contributed by atoms with Gasteiger partial charge >= 0.3 is 0 Å². The molecular weight excluding hydrogens is 342 g/mol. The number of anilines is 1. The first-order valence-corrected chi connectivity index (χ1v) is 8.72. The predicted octanol–water partition coefficient (Wildman–Crippen LogP) is 2.26. The number of rotatable bonds is 8. The molecule has 0 atom stereocenters. The van der Waals surface area contributed by atoms with Crippen molar-refractivity contribution < 1.29 is 17.2 Å². The van der Waals surface area contributed by atoms with E-state index in [1.165, 1.54) is 6.33 Å². The Bertz CT molecular complexity index is 731. The van der Waals surface area contributed by atoms with Crippen molar-refractivity contribution in [2.75, 3.05) is 24.6 Å². The summed E-state index contributed by atoms with van der Waals surface area (Å²) < 4.78 is 39.3. The number of azo groups is 1. The van der Waals surface area contributed by atoms with Crippen molar-refractivity contribution in [3.05, 3.63) is 30.6 Å². The summed E-state index contributed by atoms with van der Waals surface area (Å²) in [5, 5.41) is 8.45. The van der Waals surface area contributed by atoms with Crippen molar-refractivity contribution in [1.82, 2.24) is 9.36 Å². The first kappa shape index (κ1) is 17.4. The van der Waals surface area contributed by atoms with Gasteiger partial charge in [-0.05, 0) is 31.2 Å². The van der Waals surface area contributed by atoms with Crippen LogP contribution in [0.15, 0.2) is 40.8 Å². The fourth-order valence-electron chi connectivity index (χ4n) is 1.76. The molecule has 0 aliphatic heterocycles. The maximum absolute atomic E-state index is 10.4. The zero-order chi connectivity index (χ0) is 16.7. The molecule has 1 heterocycles. The van der Waals surface area contributed by atoms with Crippen molar-refractivity contribution in [1.29, 1.82) is 0 Å². The van der Waals surface area contributed by atoms with Crippen LogP contribution in [0.3, 0.4) is 0 Å². The maximum atomic E-state index is 10.4. The van der Waals surface area contributed by atoms with E-state index in [0.717, 1.165) is 17.2 Å². The van der Waals surface area contributed by atoms with E-state index in [2.05, 4.69) is 23.8 Å². The third kappa shape index (κ3) is 5.98. The van der Waals surface area contributed by atoms with Gasteiger partial charge in [-0.2, -0.15) is 4.37 Å². The Labute approximate surface area is 137 Å². The highest BCUT2D eigenvalue weighted by molar-refractivity contribution is 7.80. The van der Waals surface area contributed by atoms with Crippen molar-refractivity contribution in [2.24, 2.45) is 10.2 Å². The molecule has 124 valence electrons. The molecule has 1 aromatic heterocycles. The Hall–Kier alpha value is -1.95. The van der Waals surface area contributed by atoms with Crippen LogP contribution in [0.4, 0.5) is 16.5 Å². The highest BCUT2D eigenvalue weighted by Crippen LogP contribution is 2.22. The molecule has 2 rings (SSSR count). The minimum atomic E-state index is -4.66. The molecule has 0 saturated carbocycles. The molecule has 0 fully saturated rings. The van der Waals surface area contributed by atoms with Gasteiger partial charge in [-0.1, -0.05) is 0 Å². The summed E-state index contributed by atoms with van der Waals surface area (Å²) in [6.07, 6.45) is 1.41. The van der Waals surface area contributed by atoms with Crippen LogP contribution >= 0.6 is 11.5 Å². The standard InChI is InChI=1S/C12H15N5O4S2/c1-2-17(7-8-21-23(18,19)20)11-5-3-10(4-6-11)15-16-12-13-9-14-22-12/h3-6,9H,2,7-8H2,1H3,(H,18,19,20)/p-1. The Morgan fingerprint density at radius 3 is 2.61 bits per heavy atom. The minimum Gasteiger partial charge on any atom is -0.726 e. The van der Waals surface area contributed by atoms with Gasteiger partial charge in [0.1, 0.15) is 6.33 Å². The summed E-state index contributed by atoms with van der Waals surface area (Å²) >= 11 is 1.15. The summed E-state index contributed by atoms with van der Waals surface area (Å²) in [7, 11) is -4.66. The molecular formula is C12H14N5O4S2-. The summed E-state index contributed by atoms with van der Waals surface area (Å²) in [5.41, 5.74) is 1.51. The third-order valence-electron chi connectivity index (χ3n) is 2.79. The first-order valence-electron chi connectivity index (χ1n) is 6.61. The fraction of sp³-hybridized carbons (Fsp3) is 0.333. The zero-order valence-electron chi connectivity index (χ0n) is 12.2. The van der Waals surface area contributed by atoms with Gasteiger partial charge in [0.15, 0.2) is 0 Å². The number of nitrogens with zero attached hydrogens (tertiary/aromatic N) is 5. The molecule has 0 radical (unpaired) electrons. The SMILES string of the molecule is CCN(CCOS(=O)(=O)[O-])c1ccc(N=Nc2ncns2)cc1. The van der Waals surface area contributed by atoms with Crippen LogP contribution in [-0.4, -0.2) is 42.0 Å². The summed E-state index contributed by atoms with van der Waals surface area (Å²) in [5.74, 6) is 0. The highest BCUT2D eigenvalue weighted by atomic mass is 32.3. The van der Waals surface area contributed by atoms with E-state index in [1.807, 2.05) is 24.0 Å². The van der Waals surface area contributed by atoms with Crippen LogP contribution in [-0.2, 0) is 14.6 Å². The van der Waals surface area contributed by atoms with E-state index in [-0.39, 0.29) is 13.2 Å². The predicted molar refractivity (Wildman–Crippen MR) is 84.1 cm³/mol. The minimum absolute atomic E-state index is 0.196. The van der Waals surface area contributed by atoms with E-state index in [4.69, 9.17) is 0 Å². The lowest BCUT2D eigenvalue weighted by Crippen LogP contribution is -2.27. The number of benzene rings is 1. The van der Waals surface area contributed by atoms with Gasteiger partial charge in [-0.15, -0.1) is 10.2 Å². The molecule has 2 aromatic rings. The molecule has 0 bridgehead atoms. The second kappa shape index (κ2) is 8.06. The Morgan fingerprint density at radius 2 is 2.04 bits per heavy atom. The lowest BCUT2D eigenvalue weighted by atomic mass is 10.2. The normalized spacial score (nSPS) is 11.9.